The van der Waals surface area contributed by atoms with Gasteiger partial charge in [-0.1, -0.05) is 26.0 Å². The van der Waals surface area contributed by atoms with Crippen LogP contribution in [0.1, 0.15) is 31.0 Å². The zero-order chi connectivity index (χ0) is 11.6. The van der Waals surface area contributed by atoms with Gasteiger partial charge in [-0.25, -0.2) is 4.39 Å². The van der Waals surface area contributed by atoms with Gasteiger partial charge in [-0.05, 0) is 18.6 Å². The summed E-state index contributed by atoms with van der Waals surface area (Å²) in [6, 6.07) is 4.48. The number of benzene rings is 1. The highest BCUT2D eigenvalue weighted by atomic mass is 19.1. The van der Waals surface area contributed by atoms with E-state index in [0.29, 0.717) is 5.56 Å². The quantitative estimate of drug-likeness (QED) is 0.804. The molecule has 1 aromatic rings. The van der Waals surface area contributed by atoms with E-state index in [1.807, 2.05) is 26.8 Å². The zero-order valence-electron chi connectivity index (χ0n) is 9.42. The normalized spacial score (nSPS) is 14.0. The van der Waals surface area contributed by atoms with Crippen LogP contribution < -0.4 is 5.73 Å². The Hall–Kier alpha value is -0.930. The van der Waals surface area contributed by atoms with E-state index in [9.17, 15) is 4.39 Å². The molecule has 0 aliphatic rings. The molecule has 1 aromatic carbocycles. The molecule has 84 valence electrons. The number of halogens is 1. The highest BCUT2D eigenvalue weighted by Gasteiger charge is 2.28. The number of hydrogen-bond acceptors (Lipinski definition) is 2. The summed E-state index contributed by atoms with van der Waals surface area (Å²) in [6.07, 6.45) is 0. The Labute approximate surface area is 89.9 Å². The van der Waals surface area contributed by atoms with E-state index < -0.39 is 11.5 Å². The molecule has 2 nitrogen and oxygen atoms in total. The summed E-state index contributed by atoms with van der Waals surface area (Å²) in [5.74, 6) is -0.302. The van der Waals surface area contributed by atoms with E-state index in [4.69, 9.17) is 10.8 Å². The lowest BCUT2D eigenvalue weighted by molar-refractivity contribution is 0.131. The number of rotatable bonds is 3. The summed E-state index contributed by atoms with van der Waals surface area (Å²) < 4.78 is 13.6. The molecule has 0 aliphatic carbocycles. The van der Waals surface area contributed by atoms with Crippen molar-refractivity contribution in [3.8, 4) is 0 Å². The summed E-state index contributed by atoms with van der Waals surface area (Å²) in [5, 5.41) is 9.17. The molecule has 1 rings (SSSR count). The maximum Gasteiger partial charge on any atom is 0.128 e. The Bertz CT molecular complexity index is 349. The van der Waals surface area contributed by atoms with Crippen LogP contribution in [0.4, 0.5) is 4.39 Å². The van der Waals surface area contributed by atoms with Crippen LogP contribution in [0, 0.1) is 18.2 Å². The fourth-order valence-electron chi connectivity index (χ4n) is 1.40. The second kappa shape index (κ2) is 4.29. The maximum absolute atomic E-state index is 13.6. The fraction of sp³-hybridized carbons (Fsp3) is 0.500. The predicted molar refractivity (Wildman–Crippen MR) is 58.9 cm³/mol. The van der Waals surface area contributed by atoms with Crippen LogP contribution in [0.5, 0.6) is 0 Å². The predicted octanol–water partition coefficient (Wildman–Crippen LogP) is 2.15. The molecule has 3 heteroatoms. The maximum atomic E-state index is 13.6. The van der Waals surface area contributed by atoms with Crippen molar-refractivity contribution in [1.82, 2.24) is 0 Å². The number of nitrogens with two attached hydrogens (primary N) is 1. The molecule has 0 aromatic heterocycles. The van der Waals surface area contributed by atoms with Gasteiger partial charge in [-0.3, -0.25) is 0 Å². The van der Waals surface area contributed by atoms with Gasteiger partial charge in [-0.15, -0.1) is 0 Å². The van der Waals surface area contributed by atoms with Crippen LogP contribution >= 0.6 is 0 Å². The third-order valence-corrected chi connectivity index (χ3v) is 2.74. The largest absolute Gasteiger partial charge is 0.396 e. The van der Waals surface area contributed by atoms with Gasteiger partial charge in [0.05, 0.1) is 0 Å². The van der Waals surface area contributed by atoms with Gasteiger partial charge in [0.15, 0.2) is 0 Å². The highest BCUT2D eigenvalue weighted by molar-refractivity contribution is 5.27. The molecular formula is C12H18FNO. The Balaban J connectivity index is 3.06. The number of hydrogen-bond donors (Lipinski definition) is 2. The van der Waals surface area contributed by atoms with Gasteiger partial charge in [-0.2, -0.15) is 0 Å². The monoisotopic (exact) mass is 211 g/mol. The molecule has 0 bridgehead atoms. The first-order valence-corrected chi connectivity index (χ1v) is 5.01. The molecule has 0 amide bonds. The Morgan fingerprint density at radius 1 is 1.47 bits per heavy atom. The lowest BCUT2D eigenvalue weighted by Gasteiger charge is -2.30. The van der Waals surface area contributed by atoms with Crippen molar-refractivity contribution in [3.63, 3.8) is 0 Å². The van der Waals surface area contributed by atoms with E-state index in [1.54, 1.807) is 6.07 Å². The van der Waals surface area contributed by atoms with Crippen molar-refractivity contribution in [2.24, 2.45) is 11.1 Å². The number of aliphatic hydroxyl groups excluding tert-OH is 1. The van der Waals surface area contributed by atoms with Crippen molar-refractivity contribution in [2.75, 3.05) is 6.61 Å². The summed E-state index contributed by atoms with van der Waals surface area (Å²) >= 11 is 0. The van der Waals surface area contributed by atoms with E-state index in [0.717, 1.165) is 5.56 Å². The van der Waals surface area contributed by atoms with Gasteiger partial charge >= 0.3 is 0 Å². The van der Waals surface area contributed by atoms with Crippen LogP contribution in [0.15, 0.2) is 18.2 Å². The van der Waals surface area contributed by atoms with Crippen LogP contribution in [0.2, 0.25) is 0 Å². The van der Waals surface area contributed by atoms with Gasteiger partial charge in [0, 0.05) is 23.6 Å². The molecule has 0 heterocycles. The Morgan fingerprint density at radius 2 is 2.07 bits per heavy atom. The molecule has 0 fully saturated rings. The molecule has 0 saturated heterocycles. The molecule has 15 heavy (non-hydrogen) atoms. The molecule has 0 unspecified atom stereocenters. The SMILES string of the molecule is Cc1ccc([C@@H](N)C(C)(C)CO)c(F)c1. The molecular weight excluding hydrogens is 193 g/mol. The molecule has 0 saturated carbocycles. The van der Waals surface area contributed by atoms with Crippen LogP contribution in [0.3, 0.4) is 0 Å². The summed E-state index contributed by atoms with van der Waals surface area (Å²) in [5.41, 5.74) is 6.74. The third kappa shape index (κ3) is 2.55. The van der Waals surface area contributed by atoms with Gasteiger partial charge in [0.2, 0.25) is 0 Å². The lowest BCUT2D eigenvalue weighted by atomic mass is 9.81. The first kappa shape index (κ1) is 12.1. The van der Waals surface area contributed by atoms with Crippen LogP contribution in [-0.2, 0) is 0 Å². The second-order valence-electron chi connectivity index (χ2n) is 4.65. The third-order valence-electron chi connectivity index (χ3n) is 2.74. The van der Waals surface area contributed by atoms with Crippen molar-refractivity contribution in [3.05, 3.63) is 35.1 Å². The second-order valence-corrected chi connectivity index (χ2v) is 4.65. The average molecular weight is 211 g/mol. The minimum absolute atomic E-state index is 0.0680. The van der Waals surface area contributed by atoms with Crippen LogP contribution in [-0.4, -0.2) is 11.7 Å². The topological polar surface area (TPSA) is 46.2 Å². The summed E-state index contributed by atoms with van der Waals surface area (Å²) in [4.78, 5) is 0. The van der Waals surface area contributed by atoms with E-state index in [2.05, 4.69) is 0 Å². The Kier molecular flexibility index (Phi) is 3.47. The van der Waals surface area contributed by atoms with Gasteiger partial charge in [0.25, 0.3) is 0 Å². The molecule has 0 radical (unpaired) electrons. The number of aliphatic hydroxyl groups is 1. The summed E-state index contributed by atoms with van der Waals surface area (Å²) in [7, 11) is 0. The van der Waals surface area contributed by atoms with Crippen molar-refractivity contribution < 1.29 is 9.50 Å². The van der Waals surface area contributed by atoms with Crippen LogP contribution in [0.25, 0.3) is 0 Å². The first-order chi connectivity index (χ1) is 6.88. The highest BCUT2D eigenvalue weighted by Crippen LogP contribution is 2.32. The molecule has 1 atom stereocenters. The van der Waals surface area contributed by atoms with Gasteiger partial charge < -0.3 is 10.8 Å². The summed E-state index contributed by atoms with van der Waals surface area (Å²) in [6.45, 7) is 5.39. The lowest BCUT2D eigenvalue weighted by Crippen LogP contribution is -2.33. The average Bonchev–Trinajstić information content (AvgIpc) is 2.17. The standard InChI is InChI=1S/C12H18FNO/c1-8-4-5-9(10(13)6-8)11(14)12(2,3)7-15/h4-6,11,15H,7,14H2,1-3H3/t11-/m1/s1. The van der Waals surface area contributed by atoms with Crippen molar-refractivity contribution in [1.29, 1.82) is 0 Å². The molecule has 0 aliphatic heterocycles. The van der Waals surface area contributed by atoms with E-state index in [1.165, 1.54) is 6.07 Å². The first-order valence-electron chi connectivity index (χ1n) is 5.01. The molecule has 0 spiro atoms. The fourth-order valence-corrected chi connectivity index (χ4v) is 1.40. The Morgan fingerprint density at radius 3 is 2.53 bits per heavy atom. The molecule has 3 N–H and O–H groups in total. The minimum atomic E-state index is -0.518. The minimum Gasteiger partial charge on any atom is -0.396 e. The van der Waals surface area contributed by atoms with Crippen molar-refractivity contribution in [2.45, 2.75) is 26.8 Å². The van der Waals surface area contributed by atoms with Gasteiger partial charge in [0.1, 0.15) is 5.82 Å². The smallest absolute Gasteiger partial charge is 0.128 e. The van der Waals surface area contributed by atoms with E-state index in [-0.39, 0.29) is 12.4 Å². The van der Waals surface area contributed by atoms with E-state index >= 15 is 0 Å². The number of aryl methyl sites for hydroxylation is 1. The zero-order valence-corrected chi connectivity index (χ0v) is 9.42. The van der Waals surface area contributed by atoms with Crippen molar-refractivity contribution >= 4 is 0 Å².